The maximum absolute atomic E-state index is 13.1. The van der Waals surface area contributed by atoms with E-state index in [1.54, 1.807) is 7.11 Å². The number of methoxy groups -OCH3 is 1. The van der Waals surface area contributed by atoms with Crippen LogP contribution >= 0.6 is 0 Å². The molecule has 2 aliphatic heterocycles. The summed E-state index contributed by atoms with van der Waals surface area (Å²) in [7, 11) is 1.70. The van der Waals surface area contributed by atoms with Gasteiger partial charge in [-0.25, -0.2) is 0 Å². The number of nitrogens with zero attached hydrogens (tertiary/aromatic N) is 1. The van der Waals surface area contributed by atoms with Crippen molar-refractivity contribution in [1.29, 1.82) is 0 Å². The summed E-state index contributed by atoms with van der Waals surface area (Å²) in [5, 5.41) is 0. The van der Waals surface area contributed by atoms with Crippen molar-refractivity contribution < 1.29 is 19.0 Å². The Bertz CT molecular complexity index is 1200. The molecule has 2 aromatic carbocycles. The molecule has 0 aromatic heterocycles. The second-order valence-corrected chi connectivity index (χ2v) is 12.3. The average molecular weight is 502 g/mol. The van der Waals surface area contributed by atoms with Crippen molar-refractivity contribution in [3.63, 3.8) is 0 Å². The van der Waals surface area contributed by atoms with Crippen LogP contribution in [0.3, 0.4) is 0 Å². The third kappa shape index (κ3) is 3.53. The molecule has 0 amide bonds. The monoisotopic (exact) mass is 501 g/mol. The van der Waals surface area contributed by atoms with Gasteiger partial charge in [-0.15, -0.1) is 0 Å². The van der Waals surface area contributed by atoms with Crippen LogP contribution in [0.1, 0.15) is 62.1 Å². The molecule has 3 aliphatic carbocycles. The van der Waals surface area contributed by atoms with Gasteiger partial charge >= 0.3 is 0 Å². The standard InChI is InChI=1S/C32H39NO4/c1-31(36-18-6-9-21-7-4-3-5-8-21)15-14-23(31)20-33-17-16-32-24-11-12-26(34)30(32)37-29-27(35-2)13-10-22(28(29)32)19-25(24)33/h3-5,7-8,10,13,23-25,30H,6,9,11-12,14-20H2,1-2H3/t23?,24-,25+,30-,31?,32-/m0/s1. The summed E-state index contributed by atoms with van der Waals surface area (Å²) in [5.41, 5.74) is 3.89. The van der Waals surface area contributed by atoms with Gasteiger partial charge in [-0.05, 0) is 81.5 Å². The zero-order valence-corrected chi connectivity index (χ0v) is 22.2. The molecule has 0 N–H and O–H groups in total. The molecule has 1 spiro atoms. The van der Waals surface area contributed by atoms with E-state index in [0.717, 1.165) is 69.7 Å². The van der Waals surface area contributed by atoms with E-state index in [1.807, 2.05) is 6.07 Å². The molecule has 7 rings (SSSR count). The predicted molar refractivity (Wildman–Crippen MR) is 142 cm³/mol. The van der Waals surface area contributed by atoms with Crippen LogP contribution in [-0.2, 0) is 27.8 Å². The minimum absolute atomic E-state index is 0.0134. The molecular weight excluding hydrogens is 462 g/mol. The van der Waals surface area contributed by atoms with Gasteiger partial charge in [0.2, 0.25) is 0 Å². The second kappa shape index (κ2) is 8.84. The highest BCUT2D eigenvalue weighted by Crippen LogP contribution is 2.63. The molecule has 2 saturated carbocycles. The summed E-state index contributed by atoms with van der Waals surface area (Å²) in [5.74, 6) is 2.97. The molecule has 196 valence electrons. The quantitative estimate of drug-likeness (QED) is 0.470. The van der Waals surface area contributed by atoms with Crippen LogP contribution in [0.4, 0.5) is 0 Å². The summed E-state index contributed by atoms with van der Waals surface area (Å²) >= 11 is 0. The molecule has 2 unspecified atom stereocenters. The van der Waals surface area contributed by atoms with E-state index in [2.05, 4.69) is 48.2 Å². The van der Waals surface area contributed by atoms with E-state index in [1.165, 1.54) is 23.1 Å². The fourth-order valence-electron chi connectivity index (χ4n) is 8.52. The molecule has 37 heavy (non-hydrogen) atoms. The summed E-state index contributed by atoms with van der Waals surface area (Å²) in [6.07, 6.45) is 7.88. The Balaban J connectivity index is 1.07. The van der Waals surface area contributed by atoms with Gasteiger partial charge in [0.15, 0.2) is 23.4 Å². The maximum Gasteiger partial charge on any atom is 0.174 e. The van der Waals surface area contributed by atoms with Crippen LogP contribution in [0, 0.1) is 11.8 Å². The van der Waals surface area contributed by atoms with Crippen molar-refractivity contribution in [3.05, 3.63) is 59.2 Å². The van der Waals surface area contributed by atoms with Crippen molar-refractivity contribution in [1.82, 2.24) is 4.90 Å². The number of aryl methyl sites for hydroxylation is 1. The molecular formula is C32H39NO4. The first kappa shape index (κ1) is 23.7. The highest BCUT2D eigenvalue weighted by Gasteiger charge is 2.66. The van der Waals surface area contributed by atoms with E-state index in [0.29, 0.717) is 24.3 Å². The molecule has 2 bridgehead atoms. The Labute approximate surface area is 220 Å². The van der Waals surface area contributed by atoms with Gasteiger partial charge in [0.05, 0.1) is 12.7 Å². The number of carbonyl (C=O) groups is 1. The number of benzene rings is 2. The van der Waals surface area contributed by atoms with E-state index in [-0.39, 0.29) is 22.9 Å². The Morgan fingerprint density at radius 3 is 2.76 bits per heavy atom. The molecule has 3 fully saturated rings. The van der Waals surface area contributed by atoms with E-state index in [4.69, 9.17) is 14.2 Å². The first-order chi connectivity index (χ1) is 18.0. The lowest BCUT2D eigenvalue weighted by Gasteiger charge is -2.59. The Morgan fingerprint density at radius 2 is 1.97 bits per heavy atom. The summed E-state index contributed by atoms with van der Waals surface area (Å²) in [4.78, 5) is 15.9. The van der Waals surface area contributed by atoms with Crippen molar-refractivity contribution in [2.75, 3.05) is 26.8 Å². The lowest BCUT2D eigenvalue weighted by atomic mass is 9.51. The zero-order chi connectivity index (χ0) is 25.2. The Hall–Kier alpha value is -2.37. The van der Waals surface area contributed by atoms with Crippen LogP contribution in [0.15, 0.2) is 42.5 Å². The number of piperidine rings is 1. The van der Waals surface area contributed by atoms with Gasteiger partial charge in [0.25, 0.3) is 0 Å². The van der Waals surface area contributed by atoms with Crippen molar-refractivity contribution in [3.8, 4) is 11.5 Å². The minimum Gasteiger partial charge on any atom is -0.493 e. The SMILES string of the molecule is COc1ccc2c3c1O[C@H]1C(=O)CC[C@H]4[C@@H](C2)N(CC2CCC2(C)OCCCc2ccccc2)CC[C@]314. The van der Waals surface area contributed by atoms with Crippen molar-refractivity contribution in [2.45, 2.75) is 81.5 Å². The summed E-state index contributed by atoms with van der Waals surface area (Å²) < 4.78 is 18.7. The number of hydrogen-bond donors (Lipinski definition) is 0. The van der Waals surface area contributed by atoms with Gasteiger partial charge in [-0.2, -0.15) is 0 Å². The third-order valence-corrected chi connectivity index (χ3v) is 10.6. The fourth-order valence-corrected chi connectivity index (χ4v) is 8.52. The van der Waals surface area contributed by atoms with Crippen LogP contribution in [0.2, 0.25) is 0 Å². The molecule has 2 heterocycles. The van der Waals surface area contributed by atoms with Crippen molar-refractivity contribution >= 4 is 5.78 Å². The highest BCUT2D eigenvalue weighted by molar-refractivity contribution is 5.89. The van der Waals surface area contributed by atoms with Gasteiger partial charge < -0.3 is 14.2 Å². The number of hydrogen-bond acceptors (Lipinski definition) is 5. The summed E-state index contributed by atoms with van der Waals surface area (Å²) in [6, 6.07) is 15.5. The highest BCUT2D eigenvalue weighted by atomic mass is 16.5. The van der Waals surface area contributed by atoms with Gasteiger partial charge in [0, 0.05) is 42.5 Å². The largest absolute Gasteiger partial charge is 0.493 e. The molecule has 0 radical (unpaired) electrons. The average Bonchev–Trinajstić information content (AvgIpc) is 3.27. The maximum atomic E-state index is 13.1. The lowest BCUT2D eigenvalue weighted by Crippen LogP contribution is -2.67. The second-order valence-electron chi connectivity index (χ2n) is 12.3. The van der Waals surface area contributed by atoms with Crippen molar-refractivity contribution in [2.24, 2.45) is 11.8 Å². The molecule has 1 saturated heterocycles. The minimum atomic E-state index is -0.330. The Morgan fingerprint density at radius 1 is 1.11 bits per heavy atom. The van der Waals surface area contributed by atoms with E-state index < -0.39 is 0 Å². The van der Waals surface area contributed by atoms with Crippen LogP contribution in [-0.4, -0.2) is 55.2 Å². The number of ether oxygens (including phenoxy) is 3. The van der Waals surface area contributed by atoms with Crippen LogP contribution < -0.4 is 9.47 Å². The van der Waals surface area contributed by atoms with Crippen LogP contribution in [0.5, 0.6) is 11.5 Å². The van der Waals surface area contributed by atoms with Crippen LogP contribution in [0.25, 0.3) is 0 Å². The van der Waals surface area contributed by atoms with Gasteiger partial charge in [-0.3, -0.25) is 9.69 Å². The van der Waals surface area contributed by atoms with E-state index in [9.17, 15) is 4.79 Å². The van der Waals surface area contributed by atoms with E-state index >= 15 is 0 Å². The molecule has 5 heteroatoms. The first-order valence-electron chi connectivity index (χ1n) is 14.3. The Kier molecular flexibility index (Phi) is 5.67. The normalized spacial score (nSPS) is 35.5. The number of ketones is 1. The molecule has 5 nitrogen and oxygen atoms in total. The first-order valence-corrected chi connectivity index (χ1v) is 14.3. The lowest BCUT2D eigenvalue weighted by molar-refractivity contribution is -0.154. The zero-order valence-electron chi connectivity index (χ0n) is 22.2. The fraction of sp³-hybridized carbons (Fsp3) is 0.594. The number of Topliss-reactive ketones (excluding diaryl/α,β-unsaturated/α-hetero) is 1. The van der Waals surface area contributed by atoms with Gasteiger partial charge in [-0.1, -0.05) is 36.4 Å². The summed E-state index contributed by atoms with van der Waals surface area (Å²) in [6.45, 7) is 5.30. The molecule has 2 aromatic rings. The number of carbonyl (C=O) groups excluding carboxylic acids is 1. The topological polar surface area (TPSA) is 48.0 Å². The molecule has 5 aliphatic rings. The smallest absolute Gasteiger partial charge is 0.174 e. The number of rotatable bonds is 8. The van der Waals surface area contributed by atoms with Gasteiger partial charge in [0.1, 0.15) is 0 Å². The number of likely N-dealkylation sites (tertiary alicyclic amines) is 1. The molecule has 6 atom stereocenters. The predicted octanol–water partition coefficient (Wildman–Crippen LogP) is 5.12. The third-order valence-electron chi connectivity index (χ3n) is 10.6.